The molecule has 114 valence electrons. The van der Waals surface area contributed by atoms with E-state index in [2.05, 4.69) is 24.1 Å². The van der Waals surface area contributed by atoms with Gasteiger partial charge in [0.05, 0.1) is 18.3 Å². The molecule has 3 aliphatic rings. The Hall–Kier alpha value is -0.610. The first-order valence-electron chi connectivity index (χ1n) is 8.27. The fourth-order valence-electron chi connectivity index (χ4n) is 4.06. The third-order valence-corrected chi connectivity index (χ3v) is 5.12. The molecule has 2 atom stereocenters. The van der Waals surface area contributed by atoms with Crippen LogP contribution in [0, 0.1) is 11.8 Å². The van der Waals surface area contributed by atoms with Gasteiger partial charge in [-0.2, -0.15) is 0 Å². The summed E-state index contributed by atoms with van der Waals surface area (Å²) in [4.78, 5) is 15.1. The molecule has 3 fully saturated rings. The number of carbonyl (C=O) groups excluding carboxylic acids is 1. The second-order valence-corrected chi connectivity index (χ2v) is 7.27. The van der Waals surface area contributed by atoms with Gasteiger partial charge < -0.3 is 9.64 Å². The summed E-state index contributed by atoms with van der Waals surface area (Å²) in [6.45, 7) is 7.04. The van der Waals surface area contributed by atoms with Gasteiger partial charge in [0.25, 0.3) is 0 Å². The van der Waals surface area contributed by atoms with Crippen molar-refractivity contribution in [1.29, 1.82) is 0 Å². The molecule has 3 rings (SSSR count). The minimum absolute atomic E-state index is 0.223. The Morgan fingerprint density at radius 2 is 2.15 bits per heavy atom. The lowest BCUT2D eigenvalue weighted by atomic mass is 9.97. The summed E-state index contributed by atoms with van der Waals surface area (Å²) in [5.74, 6) is 1.51. The molecular weight excluding hydrogens is 252 g/mol. The van der Waals surface area contributed by atoms with E-state index in [-0.39, 0.29) is 11.7 Å². The summed E-state index contributed by atoms with van der Waals surface area (Å²) in [6.07, 6.45) is 6.82. The highest BCUT2D eigenvalue weighted by Gasteiger charge is 2.52. The Bertz CT molecular complexity index is 357. The number of hydrogen-bond donors (Lipinski definition) is 1. The molecule has 1 aliphatic carbocycles. The molecule has 0 aromatic carbocycles. The predicted molar refractivity (Wildman–Crippen MR) is 78.2 cm³/mol. The Balaban J connectivity index is 1.73. The highest BCUT2D eigenvalue weighted by atomic mass is 16.5. The summed E-state index contributed by atoms with van der Waals surface area (Å²) >= 11 is 0. The van der Waals surface area contributed by atoms with Crippen molar-refractivity contribution < 1.29 is 9.53 Å². The Morgan fingerprint density at radius 1 is 1.40 bits per heavy atom. The normalized spacial score (nSPS) is 33.0. The first-order chi connectivity index (χ1) is 9.61. The van der Waals surface area contributed by atoms with Crippen LogP contribution in [-0.4, -0.2) is 42.3 Å². The van der Waals surface area contributed by atoms with Crippen LogP contribution in [0.4, 0.5) is 0 Å². The van der Waals surface area contributed by atoms with Crippen molar-refractivity contribution in [2.24, 2.45) is 11.8 Å². The third kappa shape index (κ3) is 2.60. The zero-order valence-electron chi connectivity index (χ0n) is 12.9. The van der Waals surface area contributed by atoms with E-state index >= 15 is 0 Å². The predicted octanol–water partition coefficient (Wildman–Crippen LogP) is 2.14. The van der Waals surface area contributed by atoms with Crippen molar-refractivity contribution >= 4 is 5.91 Å². The minimum atomic E-state index is -0.223. The largest absolute Gasteiger partial charge is 0.381 e. The van der Waals surface area contributed by atoms with Crippen LogP contribution in [0.1, 0.15) is 52.4 Å². The third-order valence-electron chi connectivity index (χ3n) is 5.12. The van der Waals surface area contributed by atoms with Gasteiger partial charge in [-0.25, -0.2) is 0 Å². The SMILES string of the molecule is CC(C)CC1NC2(CCCC2)C(=O)N1CC1CCOC1. The van der Waals surface area contributed by atoms with Crippen molar-refractivity contribution in [3.8, 4) is 0 Å². The average molecular weight is 280 g/mol. The molecule has 0 aromatic rings. The summed E-state index contributed by atoms with van der Waals surface area (Å²) < 4.78 is 5.48. The maximum atomic E-state index is 12.9. The van der Waals surface area contributed by atoms with Gasteiger partial charge in [-0.15, -0.1) is 0 Å². The van der Waals surface area contributed by atoms with Crippen LogP contribution in [0.15, 0.2) is 0 Å². The number of amides is 1. The van der Waals surface area contributed by atoms with Gasteiger partial charge >= 0.3 is 0 Å². The monoisotopic (exact) mass is 280 g/mol. The molecule has 2 aliphatic heterocycles. The van der Waals surface area contributed by atoms with Crippen LogP contribution in [0.3, 0.4) is 0 Å². The van der Waals surface area contributed by atoms with Gasteiger partial charge in [-0.1, -0.05) is 26.7 Å². The minimum Gasteiger partial charge on any atom is -0.381 e. The lowest BCUT2D eigenvalue weighted by molar-refractivity contribution is -0.133. The van der Waals surface area contributed by atoms with Crippen LogP contribution < -0.4 is 5.32 Å². The zero-order valence-corrected chi connectivity index (χ0v) is 12.9. The molecule has 20 heavy (non-hydrogen) atoms. The Labute approximate surface area is 122 Å². The smallest absolute Gasteiger partial charge is 0.244 e. The number of nitrogens with one attached hydrogen (secondary N) is 1. The zero-order chi connectivity index (χ0) is 14.2. The fraction of sp³-hybridized carbons (Fsp3) is 0.938. The molecule has 4 nitrogen and oxygen atoms in total. The summed E-state index contributed by atoms with van der Waals surface area (Å²) in [5, 5.41) is 3.71. The number of hydrogen-bond acceptors (Lipinski definition) is 3. The standard InChI is InChI=1S/C16H28N2O2/c1-12(2)9-14-17-16(6-3-4-7-16)15(19)18(14)10-13-5-8-20-11-13/h12-14,17H,3-11H2,1-2H3. The van der Waals surface area contributed by atoms with E-state index in [1.807, 2.05) is 0 Å². The number of carbonyl (C=O) groups is 1. The lowest BCUT2D eigenvalue weighted by Gasteiger charge is -2.27. The van der Waals surface area contributed by atoms with Gasteiger partial charge in [0, 0.05) is 19.1 Å². The van der Waals surface area contributed by atoms with Crippen molar-refractivity contribution in [2.75, 3.05) is 19.8 Å². The van der Waals surface area contributed by atoms with Gasteiger partial charge in [0.2, 0.25) is 5.91 Å². The molecule has 2 unspecified atom stereocenters. The molecule has 1 N–H and O–H groups in total. The summed E-state index contributed by atoms with van der Waals surface area (Å²) in [6, 6.07) is 0. The molecule has 0 bridgehead atoms. The van der Waals surface area contributed by atoms with E-state index < -0.39 is 0 Å². The second kappa shape index (κ2) is 5.64. The molecule has 2 heterocycles. The van der Waals surface area contributed by atoms with E-state index in [0.717, 1.165) is 45.4 Å². The van der Waals surface area contributed by atoms with E-state index in [4.69, 9.17) is 4.74 Å². The van der Waals surface area contributed by atoms with Crippen LogP contribution in [0.5, 0.6) is 0 Å². The topological polar surface area (TPSA) is 41.6 Å². The molecule has 0 aromatic heterocycles. The second-order valence-electron chi connectivity index (χ2n) is 7.27. The number of rotatable bonds is 4. The van der Waals surface area contributed by atoms with Crippen molar-refractivity contribution in [3.05, 3.63) is 0 Å². The van der Waals surface area contributed by atoms with Gasteiger partial charge in [-0.05, 0) is 31.6 Å². The van der Waals surface area contributed by atoms with Crippen LogP contribution in [-0.2, 0) is 9.53 Å². The van der Waals surface area contributed by atoms with E-state index in [1.165, 1.54) is 12.8 Å². The molecule has 4 heteroatoms. The maximum Gasteiger partial charge on any atom is 0.244 e. The lowest BCUT2D eigenvalue weighted by Crippen LogP contribution is -2.45. The molecular formula is C16H28N2O2. The van der Waals surface area contributed by atoms with Gasteiger partial charge in [-0.3, -0.25) is 10.1 Å². The fourth-order valence-corrected chi connectivity index (χ4v) is 4.06. The quantitative estimate of drug-likeness (QED) is 0.858. The van der Waals surface area contributed by atoms with Crippen molar-refractivity contribution in [1.82, 2.24) is 10.2 Å². The van der Waals surface area contributed by atoms with E-state index in [0.29, 0.717) is 17.7 Å². The molecule has 0 radical (unpaired) electrons. The first-order valence-corrected chi connectivity index (χ1v) is 8.27. The van der Waals surface area contributed by atoms with Crippen LogP contribution in [0.25, 0.3) is 0 Å². The Morgan fingerprint density at radius 3 is 2.75 bits per heavy atom. The van der Waals surface area contributed by atoms with Crippen molar-refractivity contribution in [2.45, 2.75) is 64.1 Å². The van der Waals surface area contributed by atoms with Crippen molar-refractivity contribution in [3.63, 3.8) is 0 Å². The summed E-state index contributed by atoms with van der Waals surface area (Å²) in [7, 11) is 0. The van der Waals surface area contributed by atoms with Crippen LogP contribution in [0.2, 0.25) is 0 Å². The van der Waals surface area contributed by atoms with Gasteiger partial charge in [0.1, 0.15) is 0 Å². The maximum absolute atomic E-state index is 12.9. The van der Waals surface area contributed by atoms with Crippen LogP contribution >= 0.6 is 0 Å². The molecule has 1 spiro atoms. The molecule has 1 amide bonds. The highest BCUT2D eigenvalue weighted by molar-refractivity contribution is 5.89. The Kier molecular flexibility index (Phi) is 4.04. The first kappa shape index (κ1) is 14.3. The molecule has 2 saturated heterocycles. The van der Waals surface area contributed by atoms with Gasteiger partial charge in [0.15, 0.2) is 0 Å². The van der Waals surface area contributed by atoms with E-state index in [9.17, 15) is 4.79 Å². The highest BCUT2D eigenvalue weighted by Crippen LogP contribution is 2.38. The van der Waals surface area contributed by atoms with E-state index in [1.54, 1.807) is 0 Å². The summed E-state index contributed by atoms with van der Waals surface area (Å²) in [5.41, 5.74) is -0.223. The number of nitrogens with zero attached hydrogens (tertiary/aromatic N) is 1. The average Bonchev–Trinajstić information content (AvgIpc) is 3.09. The number of ether oxygens (including phenoxy) is 1. The molecule has 1 saturated carbocycles.